The maximum Gasteiger partial charge on any atom is 0.340 e. The van der Waals surface area contributed by atoms with E-state index in [1.54, 1.807) is 23.9 Å². The lowest BCUT2D eigenvalue weighted by atomic mass is 10.2. The fourth-order valence-corrected chi connectivity index (χ4v) is 3.35. The topological polar surface area (TPSA) is 55.4 Å². The molecule has 7 heteroatoms. The molecule has 0 aliphatic carbocycles. The highest BCUT2D eigenvalue weighted by atomic mass is 35.5. The predicted molar refractivity (Wildman–Crippen MR) is 104 cm³/mol. The summed E-state index contributed by atoms with van der Waals surface area (Å²) in [6.07, 6.45) is 1.90. The number of halogens is 1. The monoisotopic (exact) mass is 395 g/mol. The molecule has 0 atom stereocenters. The van der Waals surface area contributed by atoms with Gasteiger partial charge in [0.2, 0.25) is 0 Å². The van der Waals surface area contributed by atoms with Crippen molar-refractivity contribution in [2.24, 2.45) is 0 Å². The zero-order chi connectivity index (χ0) is 18.1. The fraction of sp³-hybridized carbons (Fsp3) is 0.222. The van der Waals surface area contributed by atoms with E-state index in [1.165, 1.54) is 11.8 Å². The van der Waals surface area contributed by atoms with Gasteiger partial charge in [0.1, 0.15) is 0 Å². The summed E-state index contributed by atoms with van der Waals surface area (Å²) in [5.41, 5.74) is 0.265. The lowest BCUT2D eigenvalue weighted by Gasteiger charge is -2.08. The van der Waals surface area contributed by atoms with Crippen LogP contribution in [0.15, 0.2) is 58.3 Å². The Labute approximate surface area is 160 Å². The number of hydrogen-bond donors (Lipinski definition) is 1. The second-order valence-electron chi connectivity index (χ2n) is 4.93. The van der Waals surface area contributed by atoms with Crippen LogP contribution < -0.4 is 5.32 Å². The smallest absolute Gasteiger partial charge is 0.340 e. The fourth-order valence-electron chi connectivity index (χ4n) is 1.92. The van der Waals surface area contributed by atoms with Crippen molar-refractivity contribution in [1.29, 1.82) is 0 Å². The number of rotatable bonds is 8. The van der Waals surface area contributed by atoms with E-state index < -0.39 is 5.97 Å². The number of hydrogen-bond acceptors (Lipinski definition) is 5. The molecule has 0 saturated carbocycles. The number of amides is 1. The molecule has 2 aromatic carbocycles. The molecule has 0 aliphatic heterocycles. The van der Waals surface area contributed by atoms with Gasteiger partial charge in [0.25, 0.3) is 5.91 Å². The predicted octanol–water partition coefficient (Wildman–Crippen LogP) is 4.13. The highest BCUT2D eigenvalue weighted by Gasteiger charge is 2.14. The third-order valence-corrected chi connectivity index (χ3v) is 5.23. The van der Waals surface area contributed by atoms with E-state index in [1.807, 2.05) is 42.7 Å². The minimum atomic E-state index is -0.602. The van der Waals surface area contributed by atoms with E-state index in [4.69, 9.17) is 16.3 Å². The van der Waals surface area contributed by atoms with Crippen LogP contribution in [-0.4, -0.2) is 37.0 Å². The first-order chi connectivity index (χ1) is 12.1. The van der Waals surface area contributed by atoms with Crippen molar-refractivity contribution in [3.8, 4) is 0 Å². The zero-order valence-electron chi connectivity index (χ0n) is 13.7. The van der Waals surface area contributed by atoms with Crippen LogP contribution in [-0.2, 0) is 9.53 Å². The number of ether oxygens (including phenoxy) is 1. The molecular formula is C18H18ClNO3S2. The van der Waals surface area contributed by atoms with Crippen molar-refractivity contribution < 1.29 is 14.3 Å². The number of esters is 1. The maximum atomic E-state index is 12.1. The van der Waals surface area contributed by atoms with E-state index in [2.05, 4.69) is 5.32 Å². The average Bonchev–Trinajstić information content (AvgIpc) is 2.64. The average molecular weight is 396 g/mol. The molecule has 0 spiro atoms. The summed E-state index contributed by atoms with van der Waals surface area (Å²) in [6.45, 7) is 0.174. The van der Waals surface area contributed by atoms with Crippen LogP contribution >= 0.6 is 35.1 Å². The SMILES string of the molecule is CSc1ccc(Cl)c(C(=O)OCC(=O)NCCSc2ccccc2)c1. The molecule has 0 heterocycles. The molecule has 0 aliphatic rings. The van der Waals surface area contributed by atoms with Gasteiger partial charge in [0.15, 0.2) is 6.61 Å². The molecule has 0 aromatic heterocycles. The van der Waals surface area contributed by atoms with E-state index >= 15 is 0 Å². The number of carbonyl (C=O) groups is 2. The Balaban J connectivity index is 1.71. The van der Waals surface area contributed by atoms with Crippen LogP contribution in [0.25, 0.3) is 0 Å². The molecule has 1 N–H and O–H groups in total. The van der Waals surface area contributed by atoms with Crippen molar-refractivity contribution in [3.05, 3.63) is 59.1 Å². The van der Waals surface area contributed by atoms with Crippen molar-refractivity contribution in [1.82, 2.24) is 5.32 Å². The Bertz CT molecular complexity index is 726. The number of benzene rings is 2. The van der Waals surface area contributed by atoms with Crippen molar-refractivity contribution in [2.75, 3.05) is 25.2 Å². The summed E-state index contributed by atoms with van der Waals surface area (Å²) in [5, 5.41) is 3.03. The second-order valence-corrected chi connectivity index (χ2v) is 7.39. The molecule has 0 radical (unpaired) electrons. The van der Waals surface area contributed by atoms with E-state index in [0.717, 1.165) is 15.5 Å². The molecule has 2 rings (SSSR count). The summed E-state index contributed by atoms with van der Waals surface area (Å²) in [6, 6.07) is 15.0. The summed E-state index contributed by atoms with van der Waals surface area (Å²) < 4.78 is 5.03. The summed E-state index contributed by atoms with van der Waals surface area (Å²) >= 11 is 9.16. The van der Waals surface area contributed by atoms with Gasteiger partial charge in [-0.05, 0) is 36.6 Å². The third kappa shape index (κ3) is 6.65. The second kappa shape index (κ2) is 10.4. The summed E-state index contributed by atoms with van der Waals surface area (Å²) in [7, 11) is 0. The minimum absolute atomic E-state index is 0.265. The van der Waals surface area contributed by atoms with Crippen LogP contribution in [0.1, 0.15) is 10.4 Å². The third-order valence-electron chi connectivity index (χ3n) is 3.16. The molecule has 0 saturated heterocycles. The largest absolute Gasteiger partial charge is 0.452 e. The highest BCUT2D eigenvalue weighted by molar-refractivity contribution is 7.99. The first-order valence-corrected chi connectivity index (χ1v) is 10.1. The molecule has 4 nitrogen and oxygen atoms in total. The number of nitrogens with one attached hydrogen (secondary N) is 1. The van der Waals surface area contributed by atoms with Gasteiger partial charge in [-0.2, -0.15) is 0 Å². The Morgan fingerprint density at radius 3 is 2.60 bits per heavy atom. The standard InChI is InChI=1S/C18H18ClNO3S2/c1-24-14-7-8-16(19)15(11-14)18(22)23-12-17(21)20-9-10-25-13-5-3-2-4-6-13/h2-8,11H,9-10,12H2,1H3,(H,20,21). The first-order valence-electron chi connectivity index (χ1n) is 7.55. The zero-order valence-corrected chi connectivity index (χ0v) is 16.0. The lowest BCUT2D eigenvalue weighted by molar-refractivity contribution is -0.124. The number of thioether (sulfide) groups is 2. The molecule has 0 unspecified atom stereocenters. The van der Waals surface area contributed by atoms with Gasteiger partial charge in [0.05, 0.1) is 10.6 Å². The van der Waals surface area contributed by atoms with Gasteiger partial charge < -0.3 is 10.1 Å². The van der Waals surface area contributed by atoms with Crippen molar-refractivity contribution >= 4 is 47.0 Å². The molecule has 0 bridgehead atoms. The van der Waals surface area contributed by atoms with Gasteiger partial charge in [-0.1, -0.05) is 29.8 Å². The van der Waals surface area contributed by atoms with Crippen LogP contribution in [0.5, 0.6) is 0 Å². The summed E-state index contributed by atoms with van der Waals surface area (Å²) in [5.74, 6) is -0.195. The number of carbonyl (C=O) groups excluding carboxylic acids is 2. The molecule has 0 fully saturated rings. The Hall–Kier alpha value is -1.63. The Morgan fingerprint density at radius 1 is 1.12 bits per heavy atom. The van der Waals surface area contributed by atoms with Crippen LogP contribution in [0.2, 0.25) is 5.02 Å². The molecule has 132 valence electrons. The van der Waals surface area contributed by atoms with Crippen LogP contribution in [0, 0.1) is 0 Å². The molecule has 2 aromatic rings. The van der Waals surface area contributed by atoms with Crippen molar-refractivity contribution in [3.63, 3.8) is 0 Å². The van der Waals surface area contributed by atoms with E-state index in [0.29, 0.717) is 11.6 Å². The van der Waals surface area contributed by atoms with Crippen molar-refractivity contribution in [2.45, 2.75) is 9.79 Å². The highest BCUT2D eigenvalue weighted by Crippen LogP contribution is 2.23. The normalized spacial score (nSPS) is 10.3. The van der Waals surface area contributed by atoms with Gasteiger partial charge in [-0.25, -0.2) is 4.79 Å². The Morgan fingerprint density at radius 2 is 1.88 bits per heavy atom. The van der Waals surface area contributed by atoms with E-state index in [9.17, 15) is 9.59 Å². The Kier molecular flexibility index (Phi) is 8.18. The van der Waals surface area contributed by atoms with Gasteiger partial charge >= 0.3 is 5.97 Å². The van der Waals surface area contributed by atoms with Crippen LogP contribution in [0.3, 0.4) is 0 Å². The maximum absolute atomic E-state index is 12.1. The van der Waals surface area contributed by atoms with Crippen LogP contribution in [0.4, 0.5) is 0 Å². The molecule has 1 amide bonds. The van der Waals surface area contributed by atoms with Gasteiger partial charge in [0, 0.05) is 22.1 Å². The van der Waals surface area contributed by atoms with Gasteiger partial charge in [-0.15, -0.1) is 23.5 Å². The van der Waals surface area contributed by atoms with E-state index in [-0.39, 0.29) is 18.1 Å². The lowest BCUT2D eigenvalue weighted by Crippen LogP contribution is -2.30. The quantitative estimate of drug-likeness (QED) is 0.414. The first kappa shape index (κ1) is 19.7. The molecule has 25 heavy (non-hydrogen) atoms. The molecular weight excluding hydrogens is 378 g/mol. The summed E-state index contributed by atoms with van der Waals surface area (Å²) in [4.78, 5) is 25.9. The van der Waals surface area contributed by atoms with Gasteiger partial charge in [-0.3, -0.25) is 4.79 Å². The minimum Gasteiger partial charge on any atom is -0.452 e.